The van der Waals surface area contributed by atoms with E-state index in [0.29, 0.717) is 0 Å². The van der Waals surface area contributed by atoms with Crippen molar-refractivity contribution < 1.29 is 48.7 Å². The first-order valence-electron chi connectivity index (χ1n) is 3.59. The predicted molar refractivity (Wildman–Crippen MR) is 47.3 cm³/mol. The van der Waals surface area contributed by atoms with Crippen LogP contribution in [0.4, 0.5) is 0 Å². The SMILES string of the molecule is C=CC(C)OS(=O)(=O)CC(C)O.[H-].[Na+]. The third kappa shape index (κ3) is 8.93. The summed E-state index contributed by atoms with van der Waals surface area (Å²) in [5.41, 5.74) is 0. The summed E-state index contributed by atoms with van der Waals surface area (Å²) in [6.07, 6.45) is -0.0830. The summed E-state index contributed by atoms with van der Waals surface area (Å²) in [4.78, 5) is 0. The molecule has 0 bridgehead atoms. The number of rotatable bonds is 5. The first-order chi connectivity index (χ1) is 5.37. The average Bonchev–Trinajstić information content (AvgIpc) is 1.83. The molecule has 0 aromatic rings. The van der Waals surface area contributed by atoms with E-state index in [9.17, 15) is 8.42 Å². The van der Waals surface area contributed by atoms with Crippen molar-refractivity contribution in [1.82, 2.24) is 0 Å². The minimum absolute atomic E-state index is 0. The molecule has 0 aliphatic heterocycles. The fourth-order valence-electron chi connectivity index (χ4n) is 0.605. The van der Waals surface area contributed by atoms with Crippen molar-refractivity contribution in [3.8, 4) is 0 Å². The number of hydrogen-bond donors (Lipinski definition) is 1. The number of hydrogen-bond acceptors (Lipinski definition) is 4. The Morgan fingerprint density at radius 2 is 2.08 bits per heavy atom. The summed E-state index contributed by atoms with van der Waals surface area (Å²) in [5.74, 6) is -0.384. The zero-order valence-electron chi connectivity index (χ0n) is 9.23. The van der Waals surface area contributed by atoms with E-state index in [0.717, 1.165) is 0 Å². The van der Waals surface area contributed by atoms with Crippen LogP contribution in [0, 0.1) is 0 Å². The average molecular weight is 218 g/mol. The van der Waals surface area contributed by atoms with E-state index in [1.54, 1.807) is 6.92 Å². The van der Waals surface area contributed by atoms with Crippen LogP contribution in [0.1, 0.15) is 15.3 Å². The monoisotopic (exact) mass is 218 g/mol. The standard InChI is InChI=1S/C7H14O4S.Na.H/c1-4-7(3)11-12(9,10)5-6(2)8;;/h4,6-8H,1,5H2,2-3H3;;/q;+1;-1. The van der Waals surface area contributed by atoms with Crippen LogP contribution in [-0.2, 0) is 14.3 Å². The van der Waals surface area contributed by atoms with Gasteiger partial charge in [0.15, 0.2) is 0 Å². The van der Waals surface area contributed by atoms with Crippen molar-refractivity contribution >= 4 is 10.1 Å². The topological polar surface area (TPSA) is 63.6 Å². The van der Waals surface area contributed by atoms with E-state index >= 15 is 0 Å². The Balaban J connectivity index is -0.000000605. The van der Waals surface area contributed by atoms with E-state index < -0.39 is 22.3 Å². The molecular weight excluding hydrogens is 203 g/mol. The van der Waals surface area contributed by atoms with Crippen molar-refractivity contribution in [3.05, 3.63) is 12.7 Å². The Morgan fingerprint density at radius 3 is 2.38 bits per heavy atom. The Kier molecular flexibility index (Phi) is 8.61. The maximum Gasteiger partial charge on any atom is 1.00 e. The molecule has 2 unspecified atom stereocenters. The van der Waals surface area contributed by atoms with Gasteiger partial charge >= 0.3 is 29.6 Å². The van der Waals surface area contributed by atoms with Crippen LogP contribution in [-0.4, -0.2) is 31.5 Å². The molecule has 0 amide bonds. The normalized spacial score (nSPS) is 15.6. The van der Waals surface area contributed by atoms with Crippen molar-refractivity contribution in [2.45, 2.75) is 26.1 Å². The second-order valence-corrected chi connectivity index (χ2v) is 4.25. The van der Waals surface area contributed by atoms with Crippen molar-refractivity contribution in [3.63, 3.8) is 0 Å². The van der Waals surface area contributed by atoms with Gasteiger partial charge in [-0.05, 0) is 13.8 Å². The van der Waals surface area contributed by atoms with Crippen LogP contribution in [0.3, 0.4) is 0 Å². The molecule has 0 aliphatic rings. The van der Waals surface area contributed by atoms with Gasteiger partial charge in [-0.1, -0.05) is 6.08 Å². The number of aliphatic hydroxyl groups excluding tert-OH is 1. The van der Waals surface area contributed by atoms with Crippen LogP contribution in [0.25, 0.3) is 0 Å². The molecule has 13 heavy (non-hydrogen) atoms. The van der Waals surface area contributed by atoms with Gasteiger partial charge in [-0.25, -0.2) is 0 Å². The Morgan fingerprint density at radius 1 is 1.62 bits per heavy atom. The smallest absolute Gasteiger partial charge is 1.00 e. The molecule has 4 nitrogen and oxygen atoms in total. The molecule has 0 saturated carbocycles. The zero-order chi connectivity index (χ0) is 9.78. The molecule has 74 valence electrons. The summed E-state index contributed by atoms with van der Waals surface area (Å²) in [5, 5.41) is 8.79. The molecule has 0 saturated heterocycles. The minimum atomic E-state index is -3.61. The van der Waals surface area contributed by atoms with Crippen molar-refractivity contribution in [2.75, 3.05) is 5.75 Å². The fraction of sp³-hybridized carbons (Fsp3) is 0.714. The molecule has 2 atom stereocenters. The minimum Gasteiger partial charge on any atom is -1.00 e. The maximum absolute atomic E-state index is 11.0. The quantitative estimate of drug-likeness (QED) is 0.312. The molecule has 0 fully saturated rings. The van der Waals surface area contributed by atoms with Gasteiger partial charge in [0.25, 0.3) is 10.1 Å². The fourth-order valence-corrected chi connectivity index (χ4v) is 1.82. The van der Waals surface area contributed by atoms with Crippen LogP contribution >= 0.6 is 0 Å². The number of aliphatic hydroxyl groups is 1. The Bertz CT molecular complexity index is 240. The van der Waals surface area contributed by atoms with Crippen molar-refractivity contribution in [1.29, 1.82) is 0 Å². The molecule has 0 heterocycles. The second-order valence-electron chi connectivity index (χ2n) is 2.61. The maximum atomic E-state index is 11.0. The van der Waals surface area contributed by atoms with Gasteiger partial charge in [-0.3, -0.25) is 4.18 Å². The third-order valence-electron chi connectivity index (χ3n) is 1.08. The van der Waals surface area contributed by atoms with Crippen LogP contribution in [0.15, 0.2) is 12.7 Å². The van der Waals surface area contributed by atoms with E-state index in [2.05, 4.69) is 10.8 Å². The van der Waals surface area contributed by atoms with Crippen LogP contribution in [0.2, 0.25) is 0 Å². The molecule has 0 aromatic heterocycles. The molecule has 6 heteroatoms. The van der Waals surface area contributed by atoms with E-state index in [1.165, 1.54) is 13.0 Å². The van der Waals surface area contributed by atoms with Gasteiger partial charge in [0, 0.05) is 0 Å². The summed E-state index contributed by atoms with van der Waals surface area (Å²) in [7, 11) is -3.61. The van der Waals surface area contributed by atoms with E-state index in [4.69, 9.17) is 5.11 Å². The van der Waals surface area contributed by atoms with E-state index in [-0.39, 0.29) is 36.7 Å². The molecule has 0 aromatic carbocycles. The van der Waals surface area contributed by atoms with Crippen LogP contribution in [0.5, 0.6) is 0 Å². The summed E-state index contributed by atoms with van der Waals surface area (Å²) < 4.78 is 26.6. The van der Waals surface area contributed by atoms with Gasteiger partial charge in [-0.2, -0.15) is 8.42 Å². The second kappa shape index (κ2) is 6.98. The molecular formula is C7H15NaO4S. The van der Waals surface area contributed by atoms with Gasteiger partial charge in [-0.15, -0.1) is 6.58 Å². The molecule has 0 spiro atoms. The summed E-state index contributed by atoms with van der Waals surface area (Å²) >= 11 is 0. The first-order valence-corrected chi connectivity index (χ1v) is 5.16. The van der Waals surface area contributed by atoms with E-state index in [1.807, 2.05) is 0 Å². The molecule has 0 rings (SSSR count). The van der Waals surface area contributed by atoms with Crippen molar-refractivity contribution in [2.24, 2.45) is 0 Å². The molecule has 1 N–H and O–H groups in total. The van der Waals surface area contributed by atoms with Crippen LogP contribution < -0.4 is 29.6 Å². The molecule has 0 aliphatic carbocycles. The van der Waals surface area contributed by atoms with Gasteiger partial charge < -0.3 is 6.53 Å². The predicted octanol–water partition coefficient (Wildman–Crippen LogP) is -2.60. The Labute approximate surface area is 103 Å². The largest absolute Gasteiger partial charge is 1.00 e. The van der Waals surface area contributed by atoms with Gasteiger partial charge in [0.05, 0.1) is 12.2 Å². The van der Waals surface area contributed by atoms with Gasteiger partial charge in [0.2, 0.25) is 0 Å². The zero-order valence-corrected chi connectivity index (χ0v) is 11.0. The molecule has 0 radical (unpaired) electrons. The first kappa shape index (κ1) is 16.1. The summed E-state index contributed by atoms with van der Waals surface area (Å²) in [6.45, 7) is 6.32. The summed E-state index contributed by atoms with van der Waals surface area (Å²) in [6, 6.07) is 0. The Hall–Kier alpha value is 0.610. The van der Waals surface area contributed by atoms with Gasteiger partial charge in [0.1, 0.15) is 5.75 Å². The third-order valence-corrected chi connectivity index (χ3v) is 2.56.